The van der Waals surface area contributed by atoms with Gasteiger partial charge in [-0.25, -0.2) is 4.79 Å². The molecule has 3 fully saturated rings. The third kappa shape index (κ3) is 12.4. The molecule has 0 bridgehead atoms. The number of fused-ring (bicyclic) bond motifs is 5. The highest BCUT2D eigenvalue weighted by molar-refractivity contribution is 6.13. The van der Waals surface area contributed by atoms with Crippen LogP contribution in [-0.4, -0.2) is 138 Å². The van der Waals surface area contributed by atoms with Crippen LogP contribution in [0, 0.1) is 28.6 Å². The highest BCUT2D eigenvalue weighted by atomic mass is 16.7. The summed E-state index contributed by atoms with van der Waals surface area (Å²) >= 11 is 0. The Kier molecular flexibility index (Phi) is 17.5. The Labute approximate surface area is 415 Å². The standard InChI is InChI=1S/C50H62N6O16/c1-28(52-40(61)15-19-69-21-22-70-20-18-56-41(62)11-12-42(56)63)44(64)53-29(2)45(65)55-36(24-39(51)60)46(66)54-32-8-5-30(6-9-32)26-71-47(67)72-27-38(59)50(68)17-14-35-34-10-7-31-23-33(57)13-16-48(31,3)43(34)37(58)25-49(35,50)4/h5-6,8-9,11-13,16,23,28-29,34-36,43,68H,7,10,14-15,17-22,24-27H2,1-4H3,(H2,51,60)(H,52,61)(H,53,64)(H,54,66)(H,55,65)/t28-,29-,34+,35?,36+,43?,48+,49+,50?/m0/s1. The van der Waals surface area contributed by atoms with E-state index < -0.39 is 101 Å². The molecule has 1 heterocycles. The van der Waals surface area contributed by atoms with E-state index in [1.54, 1.807) is 13.0 Å². The molecule has 22 heteroatoms. The molecular weight excluding hydrogens is 941 g/mol. The molecule has 9 atom stereocenters. The van der Waals surface area contributed by atoms with Crippen LogP contribution < -0.4 is 27.0 Å². The number of benzene rings is 1. The molecule has 0 radical (unpaired) electrons. The first kappa shape index (κ1) is 54.4. The smallest absolute Gasteiger partial charge is 0.429 e. The zero-order chi connectivity index (χ0) is 52.5. The Morgan fingerprint density at radius 3 is 2.15 bits per heavy atom. The van der Waals surface area contributed by atoms with Crippen LogP contribution in [0.25, 0.3) is 0 Å². The number of ketones is 3. The summed E-state index contributed by atoms with van der Waals surface area (Å²) in [6, 6.07) is 2.17. The van der Waals surface area contributed by atoms with Crippen molar-refractivity contribution in [2.24, 2.45) is 34.3 Å². The molecule has 3 unspecified atom stereocenters. The number of aliphatic hydroxyl groups is 1. The minimum Gasteiger partial charge on any atom is -0.429 e. The summed E-state index contributed by atoms with van der Waals surface area (Å²) in [5, 5.41) is 21.8. The SMILES string of the molecule is C[C@H](NC(=O)CCOCCOCCN1C(=O)C=CC1=O)C(=O)N[C@@H](C)C(=O)N[C@H](CC(N)=O)C(=O)Nc1ccc(COC(=O)OCC(=O)C2(O)CCC3[C@H]4CCC5=CC(=O)C=C[C@@]5(C)C4C(=O)C[C@]32C)cc1. The van der Waals surface area contributed by atoms with Crippen molar-refractivity contribution in [3.05, 3.63) is 65.8 Å². The van der Waals surface area contributed by atoms with Gasteiger partial charge in [0, 0.05) is 47.4 Å². The molecule has 22 nitrogen and oxygen atoms in total. The van der Waals surface area contributed by atoms with Crippen molar-refractivity contribution < 1.29 is 76.8 Å². The number of nitrogens with zero attached hydrogens (tertiary/aromatic N) is 1. The fourth-order valence-corrected chi connectivity index (χ4v) is 10.6. The van der Waals surface area contributed by atoms with Crippen LogP contribution in [0.5, 0.6) is 0 Å². The summed E-state index contributed by atoms with van der Waals surface area (Å²) in [4.78, 5) is 140. The molecule has 388 valence electrons. The molecule has 1 aromatic rings. The second-order valence-electron chi connectivity index (χ2n) is 19.3. The fourth-order valence-electron chi connectivity index (χ4n) is 10.6. The van der Waals surface area contributed by atoms with E-state index in [1.807, 2.05) is 13.0 Å². The normalized spacial score (nSPS) is 26.3. The molecule has 3 saturated carbocycles. The topological polar surface area (TPSA) is 322 Å². The number of carbonyl (C=O) groups excluding carboxylic acids is 11. The molecule has 6 rings (SSSR count). The van der Waals surface area contributed by atoms with E-state index in [2.05, 4.69) is 21.3 Å². The molecule has 5 aliphatic rings. The number of imide groups is 1. The van der Waals surface area contributed by atoms with Gasteiger partial charge in [0.1, 0.15) is 36.1 Å². The van der Waals surface area contributed by atoms with Crippen molar-refractivity contribution in [3.63, 3.8) is 0 Å². The number of hydrogen-bond acceptors (Lipinski definition) is 16. The van der Waals surface area contributed by atoms with Gasteiger partial charge >= 0.3 is 6.16 Å². The van der Waals surface area contributed by atoms with Gasteiger partial charge in [-0.2, -0.15) is 0 Å². The van der Waals surface area contributed by atoms with Crippen LogP contribution >= 0.6 is 0 Å². The van der Waals surface area contributed by atoms with Gasteiger partial charge in [0.2, 0.25) is 35.3 Å². The van der Waals surface area contributed by atoms with E-state index >= 15 is 0 Å². The number of nitrogens with one attached hydrogen (secondary N) is 4. The molecule has 0 spiro atoms. The lowest BCUT2D eigenvalue weighted by Crippen LogP contribution is -2.60. The first-order valence-electron chi connectivity index (χ1n) is 23.9. The predicted molar refractivity (Wildman–Crippen MR) is 251 cm³/mol. The van der Waals surface area contributed by atoms with Crippen molar-refractivity contribution >= 4 is 70.5 Å². The van der Waals surface area contributed by atoms with Gasteiger partial charge in [-0.3, -0.25) is 52.8 Å². The zero-order valence-electron chi connectivity index (χ0n) is 40.7. The molecule has 1 aliphatic heterocycles. The lowest BCUT2D eigenvalue weighted by Gasteiger charge is -2.56. The monoisotopic (exact) mass is 1000 g/mol. The third-order valence-corrected chi connectivity index (χ3v) is 14.5. The lowest BCUT2D eigenvalue weighted by molar-refractivity contribution is -0.169. The van der Waals surface area contributed by atoms with E-state index in [-0.39, 0.29) is 93.8 Å². The summed E-state index contributed by atoms with van der Waals surface area (Å²) in [5.74, 6) is -6.15. The van der Waals surface area contributed by atoms with Crippen molar-refractivity contribution in [1.82, 2.24) is 20.9 Å². The average molecular weight is 1000 g/mol. The van der Waals surface area contributed by atoms with Crippen molar-refractivity contribution in [3.8, 4) is 0 Å². The minimum atomic E-state index is -1.91. The van der Waals surface area contributed by atoms with E-state index in [0.29, 0.717) is 24.8 Å². The van der Waals surface area contributed by atoms with E-state index in [1.165, 1.54) is 56.3 Å². The van der Waals surface area contributed by atoms with Gasteiger partial charge in [0.05, 0.1) is 39.4 Å². The summed E-state index contributed by atoms with van der Waals surface area (Å²) in [5.41, 5.74) is 3.36. The zero-order valence-corrected chi connectivity index (χ0v) is 40.7. The number of ether oxygens (including phenoxy) is 4. The molecule has 1 aromatic carbocycles. The van der Waals surface area contributed by atoms with Gasteiger partial charge in [-0.1, -0.05) is 37.6 Å². The maximum absolute atomic E-state index is 13.9. The number of amides is 7. The second-order valence-corrected chi connectivity index (χ2v) is 19.3. The maximum atomic E-state index is 13.9. The predicted octanol–water partition coefficient (Wildman–Crippen LogP) is 0.783. The number of Topliss-reactive ketones (excluding diaryl/α,β-unsaturated/α-hetero) is 2. The number of hydrogen-bond donors (Lipinski definition) is 6. The van der Waals surface area contributed by atoms with Crippen LogP contribution in [0.1, 0.15) is 78.2 Å². The van der Waals surface area contributed by atoms with Crippen molar-refractivity contribution in [2.75, 3.05) is 44.9 Å². The van der Waals surface area contributed by atoms with Crippen LogP contribution in [0.4, 0.5) is 10.5 Å². The lowest BCUT2D eigenvalue weighted by atomic mass is 9.46. The molecular formula is C50H62N6O16. The van der Waals surface area contributed by atoms with E-state index in [0.717, 1.165) is 10.5 Å². The third-order valence-electron chi connectivity index (χ3n) is 14.5. The van der Waals surface area contributed by atoms with Crippen molar-refractivity contribution in [2.45, 2.75) is 103 Å². The van der Waals surface area contributed by atoms with Gasteiger partial charge in [0.25, 0.3) is 11.8 Å². The number of allylic oxidation sites excluding steroid dienone is 4. The summed E-state index contributed by atoms with van der Waals surface area (Å²) in [6.07, 6.45) is 7.30. The molecule has 7 amide bonds. The molecule has 7 N–H and O–H groups in total. The Morgan fingerprint density at radius 1 is 0.819 bits per heavy atom. The quantitative estimate of drug-likeness (QED) is 0.0501. The Morgan fingerprint density at radius 2 is 1.47 bits per heavy atom. The van der Waals surface area contributed by atoms with Crippen LogP contribution in [-0.2, 0) is 73.5 Å². The Bertz CT molecular complexity index is 2430. The Balaban J connectivity index is 0.887. The van der Waals surface area contributed by atoms with Gasteiger partial charge in [-0.15, -0.1) is 0 Å². The Hall–Kier alpha value is -6.91. The molecule has 0 aromatic heterocycles. The van der Waals surface area contributed by atoms with Gasteiger partial charge in [-0.05, 0) is 81.2 Å². The molecule has 4 aliphatic carbocycles. The fraction of sp³-hybridized carbons (Fsp3) is 0.540. The van der Waals surface area contributed by atoms with Gasteiger partial charge in [0.15, 0.2) is 12.4 Å². The van der Waals surface area contributed by atoms with E-state index in [4.69, 9.17) is 24.7 Å². The number of rotatable bonds is 23. The van der Waals surface area contributed by atoms with Crippen LogP contribution in [0.3, 0.4) is 0 Å². The number of primary amides is 1. The summed E-state index contributed by atoms with van der Waals surface area (Å²) < 4.78 is 21.0. The number of nitrogens with two attached hydrogens (primary N) is 1. The highest BCUT2D eigenvalue weighted by Gasteiger charge is 2.68. The number of anilines is 1. The van der Waals surface area contributed by atoms with Crippen LogP contribution in [0.2, 0.25) is 0 Å². The first-order chi connectivity index (χ1) is 34.1. The average Bonchev–Trinajstić information content (AvgIpc) is 3.80. The second kappa shape index (κ2) is 23.1. The largest absolute Gasteiger partial charge is 0.509 e. The molecule has 0 saturated heterocycles. The number of carbonyl (C=O) groups is 11. The van der Waals surface area contributed by atoms with E-state index in [9.17, 15) is 57.8 Å². The maximum Gasteiger partial charge on any atom is 0.509 e. The summed E-state index contributed by atoms with van der Waals surface area (Å²) in [6.45, 7) is 5.88. The van der Waals surface area contributed by atoms with Crippen LogP contribution in [0.15, 0.2) is 60.2 Å². The highest BCUT2D eigenvalue weighted by Crippen LogP contribution is 2.66. The van der Waals surface area contributed by atoms with Crippen molar-refractivity contribution in [1.29, 1.82) is 0 Å². The van der Waals surface area contributed by atoms with Gasteiger partial charge < -0.3 is 51.1 Å². The minimum absolute atomic E-state index is 0.00461. The summed E-state index contributed by atoms with van der Waals surface area (Å²) in [7, 11) is 0. The molecule has 72 heavy (non-hydrogen) atoms. The first-order valence-corrected chi connectivity index (χ1v) is 23.9.